The van der Waals surface area contributed by atoms with Crippen molar-refractivity contribution in [3.8, 4) is 11.5 Å². The Kier molecular flexibility index (Phi) is 8.32. The molecule has 0 N–H and O–H groups in total. The van der Waals surface area contributed by atoms with Gasteiger partial charge in [0, 0.05) is 5.02 Å². The van der Waals surface area contributed by atoms with Crippen molar-refractivity contribution in [2.24, 2.45) is 0 Å². The van der Waals surface area contributed by atoms with Crippen LogP contribution in [0.25, 0.3) is 6.08 Å². The second-order valence-corrected chi connectivity index (χ2v) is 11.2. The largest absolute Gasteiger partial charge is 0.493 e. The maximum absolute atomic E-state index is 13.1. The first-order valence-electron chi connectivity index (χ1n) is 9.74. The van der Waals surface area contributed by atoms with E-state index < -0.39 is 0 Å². The number of hydrogen-bond acceptors (Lipinski definition) is 5. The Morgan fingerprint density at radius 3 is 2.47 bits per heavy atom. The van der Waals surface area contributed by atoms with Crippen molar-refractivity contribution in [2.45, 2.75) is 6.61 Å². The fourth-order valence-corrected chi connectivity index (χ4v) is 5.66. The number of methoxy groups -OCH3 is 1. The number of anilines is 1. The van der Waals surface area contributed by atoms with E-state index in [1.165, 1.54) is 16.7 Å². The molecule has 174 valence electrons. The van der Waals surface area contributed by atoms with Crippen LogP contribution in [0.2, 0.25) is 15.1 Å². The highest BCUT2D eigenvalue weighted by atomic mass is 127. The lowest BCUT2D eigenvalue weighted by atomic mass is 10.1. The van der Waals surface area contributed by atoms with Gasteiger partial charge in [0.15, 0.2) is 15.8 Å². The van der Waals surface area contributed by atoms with E-state index in [1.54, 1.807) is 31.4 Å². The molecule has 0 atom stereocenters. The number of carbonyl (C=O) groups is 1. The normalized spacial score (nSPS) is 14.7. The van der Waals surface area contributed by atoms with Crippen LogP contribution in [0.3, 0.4) is 0 Å². The van der Waals surface area contributed by atoms with Crippen molar-refractivity contribution in [2.75, 3.05) is 12.0 Å². The van der Waals surface area contributed by atoms with E-state index in [9.17, 15) is 4.79 Å². The zero-order valence-electron chi connectivity index (χ0n) is 17.5. The molecule has 1 aliphatic heterocycles. The highest BCUT2D eigenvalue weighted by molar-refractivity contribution is 14.1. The smallest absolute Gasteiger partial charge is 0.270 e. The van der Waals surface area contributed by atoms with Crippen LogP contribution in [0, 0.1) is 3.57 Å². The third-order valence-corrected chi connectivity index (χ3v) is 7.90. The Morgan fingerprint density at radius 1 is 1.06 bits per heavy atom. The molecule has 10 heteroatoms. The van der Waals surface area contributed by atoms with Gasteiger partial charge in [-0.05, 0) is 82.3 Å². The first-order chi connectivity index (χ1) is 16.3. The van der Waals surface area contributed by atoms with Gasteiger partial charge in [-0.15, -0.1) is 0 Å². The molecule has 1 amide bonds. The summed E-state index contributed by atoms with van der Waals surface area (Å²) in [5, 5.41) is 1.43. The third kappa shape index (κ3) is 5.66. The molecule has 34 heavy (non-hydrogen) atoms. The number of halogens is 4. The molecule has 0 spiro atoms. The number of thiocarbonyl (C=S) groups is 1. The standard InChI is InChI=1S/C24H15Cl3INO3S2/c1-31-20-9-14(8-19(28)22(20)32-12-13-2-4-15(25)5-3-13)10-21-23(30)29(24(33)34-21)16-6-7-17(26)18(27)11-16/h2-11H,12H2,1H3/b21-10-. The Hall–Kier alpha value is -1.49. The van der Waals surface area contributed by atoms with Gasteiger partial charge in [-0.3, -0.25) is 9.69 Å². The molecule has 0 unspecified atom stereocenters. The zero-order valence-corrected chi connectivity index (χ0v) is 23.5. The topological polar surface area (TPSA) is 38.8 Å². The molecule has 0 radical (unpaired) electrons. The van der Waals surface area contributed by atoms with E-state index in [2.05, 4.69) is 22.6 Å². The Labute approximate surface area is 235 Å². The van der Waals surface area contributed by atoms with Crippen LogP contribution in [-0.2, 0) is 11.4 Å². The average molecular weight is 663 g/mol. The lowest BCUT2D eigenvalue weighted by molar-refractivity contribution is -0.113. The maximum Gasteiger partial charge on any atom is 0.270 e. The molecule has 4 nitrogen and oxygen atoms in total. The highest BCUT2D eigenvalue weighted by Gasteiger charge is 2.33. The maximum atomic E-state index is 13.1. The van der Waals surface area contributed by atoms with Gasteiger partial charge in [0.05, 0.1) is 31.3 Å². The van der Waals surface area contributed by atoms with E-state index in [0.717, 1.165) is 14.7 Å². The van der Waals surface area contributed by atoms with Crippen LogP contribution in [0.15, 0.2) is 59.5 Å². The molecule has 1 saturated heterocycles. The van der Waals surface area contributed by atoms with E-state index in [4.69, 9.17) is 56.5 Å². The number of rotatable bonds is 6. The lowest BCUT2D eigenvalue weighted by Crippen LogP contribution is -2.27. The van der Waals surface area contributed by atoms with Crippen molar-refractivity contribution in [3.05, 3.63) is 89.3 Å². The second-order valence-electron chi connectivity index (χ2n) is 7.06. The summed E-state index contributed by atoms with van der Waals surface area (Å²) >= 11 is 26.9. The minimum absolute atomic E-state index is 0.231. The van der Waals surface area contributed by atoms with Gasteiger partial charge < -0.3 is 9.47 Å². The molecule has 0 aromatic heterocycles. The third-order valence-electron chi connectivity index (χ3n) is 4.80. The molecule has 0 bridgehead atoms. The predicted molar refractivity (Wildman–Crippen MR) is 154 cm³/mol. The molecule has 3 aromatic carbocycles. The van der Waals surface area contributed by atoms with Gasteiger partial charge in [-0.25, -0.2) is 0 Å². The SMILES string of the molecule is COc1cc(/C=C2\SC(=S)N(c3ccc(Cl)c(Cl)c3)C2=O)cc(I)c1OCc1ccc(Cl)cc1. The summed E-state index contributed by atoms with van der Waals surface area (Å²) in [5.41, 5.74) is 2.34. The van der Waals surface area contributed by atoms with E-state index in [-0.39, 0.29) is 5.91 Å². The van der Waals surface area contributed by atoms with Crippen molar-refractivity contribution >= 4 is 103 Å². The highest BCUT2D eigenvalue weighted by Crippen LogP contribution is 2.40. The minimum Gasteiger partial charge on any atom is -0.493 e. The summed E-state index contributed by atoms with van der Waals surface area (Å²) in [7, 11) is 1.58. The Bertz CT molecular complexity index is 1320. The van der Waals surface area contributed by atoms with Gasteiger partial charge in [-0.1, -0.05) is 70.9 Å². The summed E-state index contributed by atoms with van der Waals surface area (Å²) in [6.45, 7) is 0.366. The lowest BCUT2D eigenvalue weighted by Gasteiger charge is -2.15. The van der Waals surface area contributed by atoms with Crippen molar-refractivity contribution in [3.63, 3.8) is 0 Å². The number of thioether (sulfide) groups is 1. The molecular weight excluding hydrogens is 648 g/mol. The number of nitrogens with zero attached hydrogens (tertiary/aromatic N) is 1. The van der Waals surface area contributed by atoms with E-state index in [1.807, 2.05) is 36.4 Å². The van der Waals surface area contributed by atoms with Crippen LogP contribution in [-0.4, -0.2) is 17.3 Å². The van der Waals surface area contributed by atoms with Gasteiger partial charge in [0.2, 0.25) is 0 Å². The predicted octanol–water partition coefficient (Wildman–Crippen LogP) is 8.24. The van der Waals surface area contributed by atoms with Gasteiger partial charge in [-0.2, -0.15) is 0 Å². The summed E-state index contributed by atoms with van der Waals surface area (Å²) in [6.07, 6.45) is 1.78. The van der Waals surface area contributed by atoms with Crippen LogP contribution in [0.1, 0.15) is 11.1 Å². The Balaban J connectivity index is 1.58. The summed E-state index contributed by atoms with van der Waals surface area (Å²) in [4.78, 5) is 15.0. The van der Waals surface area contributed by atoms with Crippen molar-refractivity contribution < 1.29 is 14.3 Å². The fourth-order valence-electron chi connectivity index (χ4n) is 3.17. The quantitative estimate of drug-likeness (QED) is 0.151. The van der Waals surface area contributed by atoms with Crippen LogP contribution >= 0.6 is 81.4 Å². The number of amides is 1. The molecular formula is C24H15Cl3INO3S2. The molecule has 0 saturated carbocycles. The zero-order chi connectivity index (χ0) is 24.4. The van der Waals surface area contributed by atoms with E-state index >= 15 is 0 Å². The van der Waals surface area contributed by atoms with Crippen molar-refractivity contribution in [1.29, 1.82) is 0 Å². The molecule has 3 aromatic rings. The second kappa shape index (κ2) is 11.1. The number of ether oxygens (including phenoxy) is 2. The van der Waals surface area contributed by atoms with Gasteiger partial charge in [0.25, 0.3) is 5.91 Å². The van der Waals surface area contributed by atoms with Crippen LogP contribution in [0.5, 0.6) is 11.5 Å². The molecule has 1 heterocycles. The van der Waals surface area contributed by atoms with E-state index in [0.29, 0.717) is 48.1 Å². The van der Waals surface area contributed by atoms with Crippen molar-refractivity contribution in [1.82, 2.24) is 0 Å². The van der Waals surface area contributed by atoms with Crippen LogP contribution in [0.4, 0.5) is 5.69 Å². The summed E-state index contributed by atoms with van der Waals surface area (Å²) in [6, 6.07) is 16.2. The molecule has 1 fully saturated rings. The number of carbonyl (C=O) groups excluding carboxylic acids is 1. The average Bonchev–Trinajstić information content (AvgIpc) is 3.08. The summed E-state index contributed by atoms with van der Waals surface area (Å²) < 4.78 is 12.8. The molecule has 4 rings (SSSR count). The fraction of sp³-hybridized carbons (Fsp3) is 0.0833. The first kappa shape index (κ1) is 25.6. The first-order valence-corrected chi connectivity index (χ1v) is 13.2. The number of benzene rings is 3. The summed E-state index contributed by atoms with van der Waals surface area (Å²) in [5.74, 6) is 0.955. The van der Waals surface area contributed by atoms with Gasteiger partial charge in [0.1, 0.15) is 6.61 Å². The number of hydrogen-bond donors (Lipinski definition) is 0. The molecule has 1 aliphatic rings. The Morgan fingerprint density at radius 2 is 1.79 bits per heavy atom. The molecule has 0 aliphatic carbocycles. The van der Waals surface area contributed by atoms with Crippen LogP contribution < -0.4 is 14.4 Å². The minimum atomic E-state index is -0.231. The monoisotopic (exact) mass is 661 g/mol. The van der Waals surface area contributed by atoms with Gasteiger partial charge >= 0.3 is 0 Å².